The summed E-state index contributed by atoms with van der Waals surface area (Å²) in [6, 6.07) is 0. The second-order valence-corrected chi connectivity index (χ2v) is 6.86. The van der Waals surface area contributed by atoms with Crippen LogP contribution in [0.15, 0.2) is 0 Å². The molecule has 1 rings (SSSR count). The van der Waals surface area contributed by atoms with E-state index in [9.17, 15) is 18.0 Å². The summed E-state index contributed by atoms with van der Waals surface area (Å²) in [6.45, 7) is 1.21. The zero-order valence-corrected chi connectivity index (χ0v) is 11.0. The lowest BCUT2D eigenvalue weighted by Gasteiger charge is -2.37. The minimum Gasteiger partial charge on any atom is -0.481 e. The van der Waals surface area contributed by atoms with Crippen LogP contribution in [0.1, 0.15) is 19.3 Å². The average Bonchev–Trinajstić information content (AvgIpc) is 2.13. The fraction of sp³-hybridized carbons (Fsp3) is 0.800. The van der Waals surface area contributed by atoms with Crippen molar-refractivity contribution in [3.8, 4) is 0 Å². The Morgan fingerprint density at radius 3 is 2.33 bits per heavy atom. The zero-order valence-electron chi connectivity index (χ0n) is 10.2. The van der Waals surface area contributed by atoms with Gasteiger partial charge in [0.25, 0.3) is 0 Å². The van der Waals surface area contributed by atoms with Crippen LogP contribution in [0.2, 0.25) is 0 Å². The molecule has 8 heteroatoms. The molecular formula is C10H18N2O5S. The maximum atomic E-state index is 11.6. The van der Waals surface area contributed by atoms with Crippen LogP contribution in [0, 0.1) is 0 Å². The lowest BCUT2D eigenvalue weighted by molar-refractivity contribution is -0.139. The van der Waals surface area contributed by atoms with Gasteiger partial charge < -0.3 is 15.7 Å². The summed E-state index contributed by atoms with van der Waals surface area (Å²) in [5, 5.41) is 14.5. The quantitative estimate of drug-likeness (QED) is 0.579. The maximum absolute atomic E-state index is 11.6. The van der Waals surface area contributed by atoms with Crippen molar-refractivity contribution in [3.05, 3.63) is 0 Å². The predicted octanol–water partition coefficient (Wildman–Crippen LogP) is -1.26. The third kappa shape index (κ3) is 5.01. The van der Waals surface area contributed by atoms with Gasteiger partial charge in [-0.1, -0.05) is 0 Å². The topological polar surface area (TPSA) is 113 Å². The molecule has 0 spiro atoms. The van der Waals surface area contributed by atoms with Crippen LogP contribution in [0.4, 0.5) is 0 Å². The van der Waals surface area contributed by atoms with E-state index in [2.05, 4.69) is 10.6 Å². The molecule has 1 heterocycles. The molecule has 0 saturated carbocycles. The summed E-state index contributed by atoms with van der Waals surface area (Å²) in [6.07, 6.45) is 1.74. The number of hydrogen-bond acceptors (Lipinski definition) is 5. The Labute approximate surface area is 106 Å². The molecule has 1 amide bonds. The van der Waals surface area contributed by atoms with Crippen molar-refractivity contribution in [1.82, 2.24) is 10.6 Å². The van der Waals surface area contributed by atoms with Gasteiger partial charge in [0.05, 0.1) is 12.0 Å². The van der Waals surface area contributed by atoms with Crippen molar-refractivity contribution >= 4 is 21.7 Å². The number of nitrogens with one attached hydrogen (secondary N) is 2. The number of piperidine rings is 1. The molecule has 1 aliphatic rings. The van der Waals surface area contributed by atoms with E-state index in [0.29, 0.717) is 25.9 Å². The van der Waals surface area contributed by atoms with Crippen LogP contribution in [0.25, 0.3) is 0 Å². The molecule has 0 bridgehead atoms. The fourth-order valence-electron chi connectivity index (χ4n) is 2.11. The van der Waals surface area contributed by atoms with Gasteiger partial charge in [-0.15, -0.1) is 0 Å². The molecule has 104 valence electrons. The largest absolute Gasteiger partial charge is 0.481 e. The summed E-state index contributed by atoms with van der Waals surface area (Å²) in [5.74, 6) is -2.25. The second-order valence-electron chi connectivity index (χ2n) is 4.72. The average molecular weight is 278 g/mol. The highest BCUT2D eigenvalue weighted by Crippen LogP contribution is 2.22. The van der Waals surface area contributed by atoms with Crippen molar-refractivity contribution in [2.45, 2.75) is 24.8 Å². The molecule has 0 radical (unpaired) electrons. The standard InChI is InChI=1S/C10H18N2O5S/c1-18(16,17)7-8(13)12-10(6-9(14)15)2-4-11-5-3-10/h11H,2-7H2,1H3,(H,12,13)(H,14,15). The number of carbonyl (C=O) groups excluding carboxylic acids is 1. The summed E-state index contributed by atoms with van der Waals surface area (Å²) >= 11 is 0. The van der Waals surface area contributed by atoms with E-state index in [0.717, 1.165) is 6.26 Å². The molecule has 1 fully saturated rings. The Hall–Kier alpha value is -1.15. The molecule has 0 atom stereocenters. The van der Waals surface area contributed by atoms with Gasteiger partial charge in [0.15, 0.2) is 9.84 Å². The highest BCUT2D eigenvalue weighted by molar-refractivity contribution is 7.91. The zero-order chi connectivity index (χ0) is 13.8. The number of rotatable bonds is 5. The van der Waals surface area contributed by atoms with E-state index in [1.54, 1.807) is 0 Å². The molecule has 0 aliphatic carbocycles. The first-order valence-corrected chi connectivity index (χ1v) is 7.70. The third-order valence-electron chi connectivity index (χ3n) is 2.85. The molecule has 0 aromatic heterocycles. The summed E-state index contributed by atoms with van der Waals surface area (Å²) < 4.78 is 22.0. The second kappa shape index (κ2) is 5.66. The van der Waals surface area contributed by atoms with Gasteiger partial charge in [-0.25, -0.2) is 8.42 Å². The molecule has 0 unspecified atom stereocenters. The van der Waals surface area contributed by atoms with Crippen molar-refractivity contribution in [2.24, 2.45) is 0 Å². The number of sulfone groups is 1. The molecular weight excluding hydrogens is 260 g/mol. The van der Waals surface area contributed by atoms with Gasteiger partial charge in [-0.05, 0) is 25.9 Å². The Morgan fingerprint density at radius 1 is 1.33 bits per heavy atom. The highest BCUT2D eigenvalue weighted by Gasteiger charge is 2.36. The summed E-state index contributed by atoms with van der Waals surface area (Å²) in [7, 11) is -3.40. The number of carboxylic acids is 1. The number of aliphatic carboxylic acids is 1. The molecule has 1 saturated heterocycles. The first-order valence-electron chi connectivity index (χ1n) is 5.64. The highest BCUT2D eigenvalue weighted by atomic mass is 32.2. The van der Waals surface area contributed by atoms with E-state index in [-0.39, 0.29) is 6.42 Å². The number of carbonyl (C=O) groups is 2. The Kier molecular flexibility index (Phi) is 4.69. The monoisotopic (exact) mass is 278 g/mol. The third-order valence-corrected chi connectivity index (χ3v) is 3.63. The minimum absolute atomic E-state index is 0.190. The first-order chi connectivity index (χ1) is 8.22. The van der Waals surface area contributed by atoms with Crippen LogP contribution < -0.4 is 10.6 Å². The van der Waals surface area contributed by atoms with Crippen LogP contribution in [-0.4, -0.2) is 56.0 Å². The van der Waals surface area contributed by atoms with Crippen LogP contribution in [0.5, 0.6) is 0 Å². The summed E-state index contributed by atoms with van der Waals surface area (Å²) in [4.78, 5) is 22.5. The maximum Gasteiger partial charge on any atom is 0.305 e. The van der Waals surface area contributed by atoms with Crippen molar-refractivity contribution in [1.29, 1.82) is 0 Å². The van der Waals surface area contributed by atoms with Crippen LogP contribution >= 0.6 is 0 Å². The number of hydrogen-bond donors (Lipinski definition) is 3. The van der Waals surface area contributed by atoms with E-state index in [1.165, 1.54) is 0 Å². The van der Waals surface area contributed by atoms with E-state index in [1.807, 2.05) is 0 Å². The van der Waals surface area contributed by atoms with E-state index < -0.39 is 33.0 Å². The van der Waals surface area contributed by atoms with Crippen LogP contribution in [-0.2, 0) is 19.4 Å². The minimum atomic E-state index is -3.40. The van der Waals surface area contributed by atoms with Gasteiger partial charge in [0, 0.05) is 6.26 Å². The fourth-order valence-corrected chi connectivity index (χ4v) is 2.66. The molecule has 1 aliphatic heterocycles. The van der Waals surface area contributed by atoms with Crippen molar-refractivity contribution < 1.29 is 23.1 Å². The molecule has 18 heavy (non-hydrogen) atoms. The lowest BCUT2D eigenvalue weighted by Crippen LogP contribution is -2.56. The Balaban J connectivity index is 2.72. The predicted molar refractivity (Wildman–Crippen MR) is 64.9 cm³/mol. The van der Waals surface area contributed by atoms with Gasteiger partial charge >= 0.3 is 5.97 Å². The van der Waals surface area contributed by atoms with Crippen LogP contribution in [0.3, 0.4) is 0 Å². The molecule has 0 aromatic rings. The normalized spacial score (nSPS) is 19.2. The number of carboxylic acid groups (broad SMARTS) is 1. The smallest absolute Gasteiger partial charge is 0.305 e. The van der Waals surface area contributed by atoms with Crippen molar-refractivity contribution in [3.63, 3.8) is 0 Å². The Bertz CT molecular complexity index is 426. The van der Waals surface area contributed by atoms with Gasteiger partial charge in [-0.2, -0.15) is 0 Å². The van der Waals surface area contributed by atoms with Gasteiger partial charge in [-0.3, -0.25) is 9.59 Å². The van der Waals surface area contributed by atoms with Crippen molar-refractivity contribution in [2.75, 3.05) is 25.1 Å². The first kappa shape index (κ1) is 14.9. The number of amides is 1. The lowest BCUT2D eigenvalue weighted by atomic mass is 9.85. The van der Waals surface area contributed by atoms with E-state index >= 15 is 0 Å². The molecule has 7 nitrogen and oxygen atoms in total. The molecule has 0 aromatic carbocycles. The van der Waals surface area contributed by atoms with Gasteiger partial charge in [0.2, 0.25) is 5.91 Å². The Morgan fingerprint density at radius 2 is 1.89 bits per heavy atom. The van der Waals surface area contributed by atoms with Gasteiger partial charge in [0.1, 0.15) is 5.75 Å². The van der Waals surface area contributed by atoms with E-state index in [4.69, 9.17) is 5.11 Å². The SMILES string of the molecule is CS(=O)(=O)CC(=O)NC1(CC(=O)O)CCNCC1. The molecule has 3 N–H and O–H groups in total. The summed E-state index contributed by atoms with van der Waals surface area (Å²) in [5.41, 5.74) is -0.834.